The van der Waals surface area contributed by atoms with Crippen LogP contribution < -0.4 is 0 Å². The van der Waals surface area contributed by atoms with Crippen LogP contribution in [0.1, 0.15) is 33.1 Å². The van der Waals surface area contributed by atoms with Crippen LogP contribution in [-0.2, 0) is 9.53 Å². The van der Waals surface area contributed by atoms with Crippen molar-refractivity contribution < 1.29 is 14.6 Å². The quantitative estimate of drug-likeness (QED) is 0.629. The molecule has 0 amide bonds. The lowest BCUT2D eigenvalue weighted by molar-refractivity contribution is -0.119. The van der Waals surface area contributed by atoms with E-state index in [0.717, 1.165) is 0 Å². The first kappa shape index (κ1) is 11.6. The van der Waals surface area contributed by atoms with E-state index >= 15 is 0 Å². The third kappa shape index (κ3) is 6.31. The Morgan fingerprint density at radius 2 is 2.17 bits per heavy atom. The SMILES string of the molecule is CCOCC(O)CCC(=O)CC. The molecule has 0 saturated carbocycles. The first-order chi connectivity index (χ1) is 5.70. The number of ether oxygens (including phenoxy) is 1. The minimum Gasteiger partial charge on any atom is -0.391 e. The molecule has 0 spiro atoms. The van der Waals surface area contributed by atoms with Crippen molar-refractivity contribution in [3.63, 3.8) is 0 Å². The van der Waals surface area contributed by atoms with E-state index in [1.165, 1.54) is 0 Å². The van der Waals surface area contributed by atoms with Crippen LogP contribution in [-0.4, -0.2) is 30.2 Å². The maximum atomic E-state index is 10.8. The summed E-state index contributed by atoms with van der Waals surface area (Å²) >= 11 is 0. The van der Waals surface area contributed by atoms with Crippen molar-refractivity contribution in [2.45, 2.75) is 39.2 Å². The van der Waals surface area contributed by atoms with Crippen LogP contribution >= 0.6 is 0 Å². The van der Waals surface area contributed by atoms with Gasteiger partial charge in [0.2, 0.25) is 0 Å². The summed E-state index contributed by atoms with van der Waals surface area (Å²) < 4.78 is 5.00. The van der Waals surface area contributed by atoms with Crippen LogP contribution in [0.25, 0.3) is 0 Å². The zero-order valence-corrected chi connectivity index (χ0v) is 7.88. The summed E-state index contributed by atoms with van der Waals surface area (Å²) in [5, 5.41) is 9.25. The summed E-state index contributed by atoms with van der Waals surface area (Å²) in [7, 11) is 0. The molecule has 0 saturated heterocycles. The minimum atomic E-state index is -0.486. The normalized spacial score (nSPS) is 12.9. The highest BCUT2D eigenvalue weighted by molar-refractivity contribution is 5.77. The number of aliphatic hydroxyl groups excluding tert-OH is 1. The van der Waals surface area contributed by atoms with E-state index in [1.807, 2.05) is 13.8 Å². The minimum absolute atomic E-state index is 0.200. The number of carbonyl (C=O) groups excluding carboxylic acids is 1. The number of ketones is 1. The summed E-state index contributed by atoms with van der Waals surface area (Å²) in [5.74, 6) is 0.200. The van der Waals surface area contributed by atoms with E-state index in [4.69, 9.17) is 4.74 Å². The van der Waals surface area contributed by atoms with Gasteiger partial charge in [-0.25, -0.2) is 0 Å². The van der Waals surface area contributed by atoms with Gasteiger partial charge in [-0.15, -0.1) is 0 Å². The van der Waals surface area contributed by atoms with Gasteiger partial charge in [0, 0.05) is 19.4 Å². The predicted molar refractivity (Wildman–Crippen MR) is 47.0 cm³/mol. The molecular weight excluding hydrogens is 156 g/mol. The summed E-state index contributed by atoms with van der Waals surface area (Å²) in [4.78, 5) is 10.8. The van der Waals surface area contributed by atoms with Crippen LogP contribution in [0.5, 0.6) is 0 Å². The molecule has 0 bridgehead atoms. The highest BCUT2D eigenvalue weighted by Crippen LogP contribution is 2.00. The molecule has 0 radical (unpaired) electrons. The molecule has 0 rings (SSSR count). The van der Waals surface area contributed by atoms with Gasteiger partial charge in [-0.2, -0.15) is 0 Å². The van der Waals surface area contributed by atoms with E-state index in [0.29, 0.717) is 32.5 Å². The zero-order valence-electron chi connectivity index (χ0n) is 7.88. The van der Waals surface area contributed by atoms with Gasteiger partial charge in [0.1, 0.15) is 5.78 Å². The molecule has 0 heterocycles. The fourth-order valence-corrected chi connectivity index (χ4v) is 0.842. The number of hydrogen-bond acceptors (Lipinski definition) is 3. The van der Waals surface area contributed by atoms with Gasteiger partial charge in [0.25, 0.3) is 0 Å². The van der Waals surface area contributed by atoms with Crippen molar-refractivity contribution in [1.29, 1.82) is 0 Å². The summed E-state index contributed by atoms with van der Waals surface area (Å²) in [6.07, 6.45) is 1.05. The van der Waals surface area contributed by atoms with E-state index in [2.05, 4.69) is 0 Å². The van der Waals surface area contributed by atoms with Gasteiger partial charge in [-0.05, 0) is 13.3 Å². The standard InChI is InChI=1S/C9H18O3/c1-3-8(10)5-6-9(11)7-12-4-2/h9,11H,3-7H2,1-2H3. The number of aliphatic hydroxyl groups is 1. The lowest BCUT2D eigenvalue weighted by atomic mass is 10.1. The van der Waals surface area contributed by atoms with Crippen LogP contribution in [0.3, 0.4) is 0 Å². The molecule has 0 aliphatic carbocycles. The van der Waals surface area contributed by atoms with E-state index in [-0.39, 0.29) is 5.78 Å². The van der Waals surface area contributed by atoms with Crippen molar-refractivity contribution in [3.05, 3.63) is 0 Å². The highest BCUT2D eigenvalue weighted by Gasteiger charge is 2.06. The molecular formula is C9H18O3. The average molecular weight is 174 g/mol. The molecule has 0 aromatic heterocycles. The molecule has 72 valence electrons. The highest BCUT2D eigenvalue weighted by atomic mass is 16.5. The first-order valence-corrected chi connectivity index (χ1v) is 4.48. The van der Waals surface area contributed by atoms with Crippen molar-refractivity contribution in [1.82, 2.24) is 0 Å². The summed E-state index contributed by atoms with van der Waals surface area (Å²) in [6.45, 7) is 4.66. The molecule has 12 heavy (non-hydrogen) atoms. The molecule has 1 atom stereocenters. The Morgan fingerprint density at radius 3 is 2.67 bits per heavy atom. The molecule has 0 aromatic carbocycles. The van der Waals surface area contributed by atoms with Crippen molar-refractivity contribution >= 4 is 5.78 Å². The Kier molecular flexibility index (Phi) is 7.00. The Labute approximate surface area is 73.7 Å². The molecule has 1 N–H and O–H groups in total. The maximum Gasteiger partial charge on any atom is 0.132 e. The van der Waals surface area contributed by atoms with Gasteiger partial charge in [-0.1, -0.05) is 6.92 Å². The van der Waals surface area contributed by atoms with Crippen molar-refractivity contribution in [2.24, 2.45) is 0 Å². The molecule has 3 nitrogen and oxygen atoms in total. The predicted octanol–water partition coefficient (Wildman–Crippen LogP) is 1.14. The van der Waals surface area contributed by atoms with Gasteiger partial charge < -0.3 is 9.84 Å². The van der Waals surface area contributed by atoms with Crippen LogP contribution in [0.2, 0.25) is 0 Å². The Hall–Kier alpha value is -0.410. The van der Waals surface area contributed by atoms with Crippen LogP contribution in [0.4, 0.5) is 0 Å². The van der Waals surface area contributed by atoms with Gasteiger partial charge in [0.05, 0.1) is 12.7 Å². The van der Waals surface area contributed by atoms with Gasteiger partial charge in [0.15, 0.2) is 0 Å². The number of Topliss-reactive ketones (excluding diaryl/α,β-unsaturated/α-hetero) is 1. The molecule has 0 aromatic rings. The first-order valence-electron chi connectivity index (χ1n) is 4.48. The fourth-order valence-electron chi connectivity index (χ4n) is 0.842. The molecule has 0 aliphatic heterocycles. The van der Waals surface area contributed by atoms with Crippen molar-refractivity contribution in [3.8, 4) is 0 Å². The second kappa shape index (κ2) is 7.25. The third-order valence-corrected chi connectivity index (χ3v) is 1.67. The van der Waals surface area contributed by atoms with Crippen molar-refractivity contribution in [2.75, 3.05) is 13.2 Å². The van der Waals surface area contributed by atoms with Crippen LogP contribution in [0.15, 0.2) is 0 Å². The third-order valence-electron chi connectivity index (χ3n) is 1.67. The fraction of sp³-hybridized carbons (Fsp3) is 0.889. The topological polar surface area (TPSA) is 46.5 Å². The number of hydrogen-bond donors (Lipinski definition) is 1. The zero-order chi connectivity index (χ0) is 9.40. The second-order valence-corrected chi connectivity index (χ2v) is 2.74. The lowest BCUT2D eigenvalue weighted by Gasteiger charge is -2.08. The maximum absolute atomic E-state index is 10.8. The van der Waals surface area contributed by atoms with Crippen LogP contribution in [0, 0.1) is 0 Å². The van der Waals surface area contributed by atoms with E-state index in [1.54, 1.807) is 0 Å². The Bertz CT molecular complexity index is 123. The Balaban J connectivity index is 3.30. The Morgan fingerprint density at radius 1 is 1.50 bits per heavy atom. The average Bonchev–Trinajstić information content (AvgIpc) is 2.10. The second-order valence-electron chi connectivity index (χ2n) is 2.74. The largest absolute Gasteiger partial charge is 0.391 e. The molecule has 3 heteroatoms. The van der Waals surface area contributed by atoms with Gasteiger partial charge in [-0.3, -0.25) is 4.79 Å². The monoisotopic (exact) mass is 174 g/mol. The number of carbonyl (C=O) groups is 1. The van der Waals surface area contributed by atoms with E-state index < -0.39 is 6.10 Å². The smallest absolute Gasteiger partial charge is 0.132 e. The molecule has 1 unspecified atom stereocenters. The summed E-state index contributed by atoms with van der Waals surface area (Å²) in [6, 6.07) is 0. The summed E-state index contributed by atoms with van der Waals surface area (Å²) in [5.41, 5.74) is 0. The molecule has 0 fully saturated rings. The van der Waals surface area contributed by atoms with Gasteiger partial charge >= 0.3 is 0 Å². The molecule has 0 aliphatic rings. The lowest BCUT2D eigenvalue weighted by Crippen LogP contribution is -2.16. The van der Waals surface area contributed by atoms with E-state index in [9.17, 15) is 9.90 Å². The number of rotatable bonds is 7.